The molecule has 8 nitrogen and oxygen atoms in total. The Morgan fingerprint density at radius 1 is 1.02 bits per heavy atom. The van der Waals surface area contributed by atoms with Crippen LogP contribution in [0.15, 0.2) is 48.5 Å². The van der Waals surface area contributed by atoms with Gasteiger partial charge in [0, 0.05) is 42.2 Å². The van der Waals surface area contributed by atoms with Crippen LogP contribution >= 0.6 is 0 Å². The summed E-state index contributed by atoms with van der Waals surface area (Å²) >= 11 is 0. The van der Waals surface area contributed by atoms with Crippen molar-refractivity contribution in [2.24, 2.45) is 5.92 Å². The quantitative estimate of drug-likeness (QED) is 0.313. The molecular formula is C35H46FN3O5Si. The molecule has 5 atom stereocenters. The number of anilines is 2. The molecule has 0 bridgehead atoms. The molecule has 10 heteroatoms. The predicted octanol–water partition coefficient (Wildman–Crippen LogP) is 5.68. The van der Waals surface area contributed by atoms with Gasteiger partial charge in [-0.15, -0.1) is 0 Å². The number of carbonyl (C=O) groups is 3. The van der Waals surface area contributed by atoms with Crippen molar-refractivity contribution in [3.05, 3.63) is 59.7 Å². The van der Waals surface area contributed by atoms with Crippen molar-refractivity contribution in [1.29, 1.82) is 0 Å². The minimum absolute atomic E-state index is 0.0142. The number of para-hydroxylation sites is 1. The van der Waals surface area contributed by atoms with Crippen molar-refractivity contribution in [3.63, 3.8) is 0 Å². The van der Waals surface area contributed by atoms with Gasteiger partial charge in [-0.05, 0) is 62.5 Å². The second-order valence-corrected chi connectivity index (χ2v) is 17.6. The summed E-state index contributed by atoms with van der Waals surface area (Å²) in [4.78, 5) is 46.2. The van der Waals surface area contributed by atoms with Gasteiger partial charge in [0.1, 0.15) is 0 Å². The largest absolute Gasteiger partial charge is 0.394 e. The number of nitrogens with zero attached hydrogens (tertiary/aromatic N) is 3. The first-order valence-electron chi connectivity index (χ1n) is 16.6. The predicted molar refractivity (Wildman–Crippen MR) is 174 cm³/mol. The first kappa shape index (κ1) is 31.9. The molecule has 242 valence electrons. The standard InChI is InChI=1S/C35H46FN3O5Si/c1-24-33(45(2,3)36)30(21-32(42)38-20-10-11-27(38)23-40)44-35(24)28-12-7-8-13-29(28)39(34(35)43)22-25-15-17-26(18-16-25)37-19-9-5-4-6-14-31(37)41/h7-8,12-13,15-18,24,27,30,33,40H,4-6,9-11,14,19-23H2,1-3H3/t24-,27+,30+,33-,35+/m1/s1. The molecule has 3 fully saturated rings. The Morgan fingerprint density at radius 2 is 1.76 bits per heavy atom. The number of aliphatic hydroxyl groups is 1. The van der Waals surface area contributed by atoms with Crippen molar-refractivity contribution in [3.8, 4) is 0 Å². The molecule has 0 saturated carbocycles. The van der Waals surface area contributed by atoms with E-state index < -0.39 is 31.6 Å². The molecule has 4 heterocycles. The number of hydrogen-bond acceptors (Lipinski definition) is 5. The van der Waals surface area contributed by atoms with E-state index in [1.165, 1.54) is 0 Å². The third-order valence-electron chi connectivity index (χ3n) is 10.6. The smallest absolute Gasteiger partial charge is 0.264 e. The maximum atomic E-state index is 16.2. The van der Waals surface area contributed by atoms with Crippen molar-refractivity contribution in [2.75, 3.05) is 29.5 Å². The summed E-state index contributed by atoms with van der Waals surface area (Å²) in [5.41, 5.74) is 1.29. The molecule has 1 N–H and O–H groups in total. The van der Waals surface area contributed by atoms with Crippen LogP contribution in [0.4, 0.5) is 15.5 Å². The summed E-state index contributed by atoms with van der Waals surface area (Å²) in [5.74, 6) is -0.711. The summed E-state index contributed by atoms with van der Waals surface area (Å²) in [6, 6.07) is 15.2. The van der Waals surface area contributed by atoms with Crippen LogP contribution in [0.5, 0.6) is 0 Å². The molecule has 1 spiro atoms. The van der Waals surface area contributed by atoms with Crippen LogP contribution < -0.4 is 9.80 Å². The lowest BCUT2D eigenvalue weighted by Gasteiger charge is -2.31. The van der Waals surface area contributed by atoms with Gasteiger partial charge in [0.15, 0.2) is 5.60 Å². The number of fused-ring (bicyclic) bond motifs is 2. The highest BCUT2D eigenvalue weighted by Gasteiger charge is 2.67. The third kappa shape index (κ3) is 5.74. The van der Waals surface area contributed by atoms with Gasteiger partial charge in [-0.1, -0.05) is 50.1 Å². The van der Waals surface area contributed by atoms with Gasteiger partial charge >= 0.3 is 0 Å². The molecule has 3 saturated heterocycles. The Kier molecular flexibility index (Phi) is 8.93. The van der Waals surface area contributed by atoms with E-state index in [1.54, 1.807) is 22.9 Å². The Labute approximate surface area is 266 Å². The SMILES string of the molecule is C[C@@H]1[C@@H]([Si](C)(C)F)[C@H](CC(=O)N2CCC[C@H]2CO)O[C@@]12C(=O)N(Cc1ccc(N3CCCCCCC3=O)cc1)c1ccccc12. The molecule has 0 aliphatic carbocycles. The van der Waals surface area contributed by atoms with Crippen molar-refractivity contribution >= 4 is 37.5 Å². The lowest BCUT2D eigenvalue weighted by molar-refractivity contribution is -0.150. The lowest BCUT2D eigenvalue weighted by Crippen LogP contribution is -2.45. The number of benzene rings is 2. The fourth-order valence-electron chi connectivity index (χ4n) is 8.40. The average Bonchev–Trinajstić information content (AvgIpc) is 3.66. The minimum atomic E-state index is -3.41. The van der Waals surface area contributed by atoms with E-state index in [-0.39, 0.29) is 36.8 Å². The molecule has 6 rings (SSSR count). The van der Waals surface area contributed by atoms with Gasteiger partial charge in [-0.2, -0.15) is 0 Å². The number of rotatable bonds is 7. The van der Waals surface area contributed by atoms with E-state index >= 15 is 4.11 Å². The van der Waals surface area contributed by atoms with Gasteiger partial charge in [0.05, 0.1) is 37.4 Å². The van der Waals surface area contributed by atoms with Crippen LogP contribution in [0, 0.1) is 5.92 Å². The number of halogens is 1. The minimum Gasteiger partial charge on any atom is -0.394 e. The highest BCUT2D eigenvalue weighted by Crippen LogP contribution is 2.60. The van der Waals surface area contributed by atoms with Gasteiger partial charge < -0.3 is 28.7 Å². The van der Waals surface area contributed by atoms with E-state index in [0.717, 1.165) is 61.0 Å². The Morgan fingerprint density at radius 3 is 2.49 bits per heavy atom. The molecule has 0 radical (unpaired) electrons. The van der Waals surface area contributed by atoms with E-state index in [2.05, 4.69) is 0 Å². The highest BCUT2D eigenvalue weighted by atomic mass is 28.4. The summed E-state index contributed by atoms with van der Waals surface area (Å²) < 4.78 is 22.9. The Bertz CT molecular complexity index is 1430. The summed E-state index contributed by atoms with van der Waals surface area (Å²) in [6.45, 7) is 6.68. The average molecular weight is 636 g/mol. The zero-order valence-corrected chi connectivity index (χ0v) is 27.7. The molecule has 4 aliphatic heterocycles. The molecule has 4 aliphatic rings. The molecule has 2 aromatic carbocycles. The Hall–Kier alpha value is -3.08. The number of aliphatic hydroxyl groups excluding tert-OH is 1. The number of likely N-dealkylation sites (tertiary alicyclic amines) is 1. The normalized spacial score (nSPS) is 29.0. The molecular weight excluding hydrogens is 589 g/mol. The van der Waals surface area contributed by atoms with Gasteiger partial charge in [0.25, 0.3) is 5.91 Å². The van der Waals surface area contributed by atoms with Crippen LogP contribution in [-0.2, 0) is 31.3 Å². The number of ether oxygens (including phenoxy) is 1. The van der Waals surface area contributed by atoms with Gasteiger partial charge in [-0.25, -0.2) is 0 Å². The number of carbonyl (C=O) groups excluding carboxylic acids is 3. The molecule has 2 aromatic rings. The summed E-state index contributed by atoms with van der Waals surface area (Å²) in [7, 11) is -3.41. The number of hydrogen-bond donors (Lipinski definition) is 1. The van der Waals surface area contributed by atoms with Crippen LogP contribution in [-0.4, -0.2) is 68.0 Å². The van der Waals surface area contributed by atoms with E-state index in [1.807, 2.05) is 60.4 Å². The molecule has 45 heavy (non-hydrogen) atoms. The van der Waals surface area contributed by atoms with Gasteiger partial charge in [0.2, 0.25) is 20.2 Å². The maximum Gasteiger partial charge on any atom is 0.264 e. The summed E-state index contributed by atoms with van der Waals surface area (Å²) in [5, 5.41) is 9.80. The van der Waals surface area contributed by atoms with Crippen LogP contribution in [0.25, 0.3) is 0 Å². The zero-order valence-electron chi connectivity index (χ0n) is 26.7. The topological polar surface area (TPSA) is 90.4 Å². The van der Waals surface area contributed by atoms with Crippen molar-refractivity contribution in [1.82, 2.24) is 4.90 Å². The van der Waals surface area contributed by atoms with Crippen molar-refractivity contribution < 1.29 is 28.3 Å². The Balaban J connectivity index is 1.27. The molecule has 3 amide bonds. The summed E-state index contributed by atoms with van der Waals surface area (Å²) in [6.07, 6.45) is 5.50. The van der Waals surface area contributed by atoms with E-state index in [4.69, 9.17) is 4.74 Å². The van der Waals surface area contributed by atoms with Crippen LogP contribution in [0.3, 0.4) is 0 Å². The maximum absolute atomic E-state index is 16.2. The zero-order chi connectivity index (χ0) is 31.9. The van der Waals surface area contributed by atoms with E-state index in [0.29, 0.717) is 26.1 Å². The fraction of sp³-hybridized carbons (Fsp3) is 0.571. The third-order valence-corrected chi connectivity index (χ3v) is 13.0. The lowest BCUT2D eigenvalue weighted by atomic mass is 9.82. The fourth-order valence-corrected chi connectivity index (χ4v) is 10.9. The monoisotopic (exact) mass is 635 g/mol. The number of amides is 3. The van der Waals surface area contributed by atoms with Crippen LogP contribution in [0.1, 0.15) is 69.4 Å². The first-order chi connectivity index (χ1) is 21.6. The van der Waals surface area contributed by atoms with Gasteiger partial charge in [-0.3, -0.25) is 14.4 Å². The molecule has 0 unspecified atom stereocenters. The second kappa shape index (κ2) is 12.6. The van der Waals surface area contributed by atoms with E-state index in [9.17, 15) is 19.5 Å². The first-order valence-corrected chi connectivity index (χ1v) is 19.6. The van der Waals surface area contributed by atoms with Crippen LogP contribution in [0.2, 0.25) is 18.6 Å². The molecule has 0 aromatic heterocycles. The highest BCUT2D eigenvalue weighted by molar-refractivity contribution is 6.72. The van der Waals surface area contributed by atoms with Crippen molar-refractivity contribution in [2.45, 2.75) is 101 Å². The second-order valence-electron chi connectivity index (χ2n) is 13.8.